The Kier molecular flexibility index (Phi) is 6.44. The summed E-state index contributed by atoms with van der Waals surface area (Å²) in [5.74, 6) is -0.887. The van der Waals surface area contributed by atoms with E-state index in [1.807, 2.05) is 69.4 Å². The summed E-state index contributed by atoms with van der Waals surface area (Å²) in [5.41, 5.74) is 3.14. The van der Waals surface area contributed by atoms with E-state index in [0.29, 0.717) is 11.3 Å². The second-order valence-electron chi connectivity index (χ2n) is 7.26. The lowest BCUT2D eigenvalue weighted by Crippen LogP contribution is -2.45. The number of nitrogens with one attached hydrogen (secondary N) is 1. The van der Waals surface area contributed by atoms with Crippen molar-refractivity contribution in [3.05, 3.63) is 83.7 Å². The number of hydrogen-bond donors (Lipinski definition) is 1. The molecule has 1 N–H and O–H groups in total. The lowest BCUT2D eigenvalue weighted by Gasteiger charge is -2.20. The van der Waals surface area contributed by atoms with Gasteiger partial charge in [0.15, 0.2) is 0 Å². The Morgan fingerprint density at radius 3 is 2.38 bits per heavy atom. The Labute approximate surface area is 170 Å². The minimum atomic E-state index is -0.736. The molecule has 6 heteroatoms. The van der Waals surface area contributed by atoms with E-state index in [2.05, 4.69) is 10.4 Å². The summed E-state index contributed by atoms with van der Waals surface area (Å²) < 4.78 is 7.15. The second kappa shape index (κ2) is 9.19. The van der Waals surface area contributed by atoms with Crippen molar-refractivity contribution in [3.63, 3.8) is 0 Å². The molecule has 0 aliphatic carbocycles. The molecule has 1 heterocycles. The summed E-state index contributed by atoms with van der Waals surface area (Å²) >= 11 is 0. The zero-order valence-corrected chi connectivity index (χ0v) is 16.8. The van der Waals surface area contributed by atoms with Crippen LogP contribution in [-0.2, 0) is 16.1 Å². The van der Waals surface area contributed by atoms with E-state index < -0.39 is 12.0 Å². The van der Waals surface area contributed by atoms with Gasteiger partial charge >= 0.3 is 5.97 Å². The summed E-state index contributed by atoms with van der Waals surface area (Å²) in [5, 5.41) is 7.21. The zero-order valence-electron chi connectivity index (χ0n) is 16.8. The normalized spacial score (nSPS) is 11.9. The maximum Gasteiger partial charge on any atom is 0.329 e. The molecule has 0 radical (unpaired) electrons. The number of para-hydroxylation sites is 1. The molecule has 6 nitrogen and oxygen atoms in total. The van der Waals surface area contributed by atoms with Crippen LogP contribution in [0.1, 0.15) is 35.5 Å². The maximum absolute atomic E-state index is 12.6. The van der Waals surface area contributed by atoms with Crippen LogP contribution in [0.25, 0.3) is 5.69 Å². The highest BCUT2D eigenvalue weighted by Gasteiger charge is 2.26. The van der Waals surface area contributed by atoms with E-state index in [1.54, 1.807) is 22.9 Å². The van der Waals surface area contributed by atoms with Crippen LogP contribution in [-0.4, -0.2) is 27.7 Å². The predicted molar refractivity (Wildman–Crippen MR) is 111 cm³/mol. The lowest BCUT2D eigenvalue weighted by atomic mass is 10.0. The van der Waals surface area contributed by atoms with Crippen LogP contribution in [0.3, 0.4) is 0 Å². The summed E-state index contributed by atoms with van der Waals surface area (Å²) in [6.45, 7) is 5.73. The molecule has 3 rings (SSSR count). The van der Waals surface area contributed by atoms with Gasteiger partial charge in [0, 0.05) is 11.8 Å². The van der Waals surface area contributed by atoms with Crippen molar-refractivity contribution in [3.8, 4) is 5.69 Å². The first-order valence-electron chi connectivity index (χ1n) is 9.58. The Morgan fingerprint density at radius 1 is 1.03 bits per heavy atom. The molecule has 3 aromatic rings. The van der Waals surface area contributed by atoms with Crippen LogP contribution >= 0.6 is 0 Å². The number of aromatic nitrogens is 2. The summed E-state index contributed by atoms with van der Waals surface area (Å²) in [4.78, 5) is 25.1. The van der Waals surface area contributed by atoms with Crippen molar-refractivity contribution in [1.82, 2.24) is 15.1 Å². The smallest absolute Gasteiger partial charge is 0.329 e. The van der Waals surface area contributed by atoms with Gasteiger partial charge in [0.1, 0.15) is 18.3 Å². The van der Waals surface area contributed by atoms with Crippen LogP contribution in [0.2, 0.25) is 0 Å². The summed E-state index contributed by atoms with van der Waals surface area (Å²) in [6, 6.07) is 18.0. The molecule has 0 unspecified atom stereocenters. The van der Waals surface area contributed by atoms with Gasteiger partial charge in [-0.05, 0) is 43.2 Å². The number of carbonyl (C=O) groups excluding carboxylic acids is 2. The van der Waals surface area contributed by atoms with Gasteiger partial charge in [0.25, 0.3) is 5.91 Å². The average Bonchev–Trinajstić information content (AvgIpc) is 3.20. The average molecular weight is 391 g/mol. The molecular weight excluding hydrogens is 366 g/mol. The molecule has 0 aliphatic heterocycles. The fraction of sp³-hybridized carbons (Fsp3) is 0.261. The number of esters is 1. The van der Waals surface area contributed by atoms with E-state index >= 15 is 0 Å². The van der Waals surface area contributed by atoms with Crippen molar-refractivity contribution in [1.29, 1.82) is 0 Å². The van der Waals surface area contributed by atoms with Crippen LogP contribution in [0.5, 0.6) is 0 Å². The first kappa shape index (κ1) is 20.3. The summed E-state index contributed by atoms with van der Waals surface area (Å²) in [6.07, 6.45) is 1.82. The van der Waals surface area contributed by atoms with Crippen molar-refractivity contribution < 1.29 is 14.3 Å². The topological polar surface area (TPSA) is 73.2 Å². The number of rotatable bonds is 7. The molecule has 0 fully saturated rings. The summed E-state index contributed by atoms with van der Waals surface area (Å²) in [7, 11) is 0. The number of nitrogens with zero attached hydrogens (tertiary/aromatic N) is 2. The maximum atomic E-state index is 12.6. The zero-order chi connectivity index (χ0) is 20.8. The van der Waals surface area contributed by atoms with Gasteiger partial charge in [0.05, 0.1) is 5.69 Å². The Bertz CT molecular complexity index is 963. The second-order valence-corrected chi connectivity index (χ2v) is 7.26. The highest BCUT2D eigenvalue weighted by atomic mass is 16.5. The van der Waals surface area contributed by atoms with Crippen LogP contribution in [0, 0.1) is 12.8 Å². The van der Waals surface area contributed by atoms with E-state index in [-0.39, 0.29) is 18.4 Å². The van der Waals surface area contributed by atoms with Gasteiger partial charge in [-0.15, -0.1) is 0 Å². The van der Waals surface area contributed by atoms with E-state index in [1.165, 1.54) is 0 Å². The monoisotopic (exact) mass is 391 g/mol. The Morgan fingerprint density at radius 2 is 1.72 bits per heavy atom. The number of ether oxygens (including phenoxy) is 1. The molecule has 0 spiro atoms. The third kappa shape index (κ3) is 5.31. The third-order valence-electron chi connectivity index (χ3n) is 4.55. The third-order valence-corrected chi connectivity index (χ3v) is 4.55. The predicted octanol–water partition coefficient (Wildman–Crippen LogP) is 3.68. The first-order valence-corrected chi connectivity index (χ1v) is 9.58. The van der Waals surface area contributed by atoms with Gasteiger partial charge in [-0.1, -0.05) is 49.7 Å². The molecule has 1 aromatic heterocycles. The number of amides is 1. The van der Waals surface area contributed by atoms with Gasteiger partial charge in [-0.3, -0.25) is 4.79 Å². The minimum absolute atomic E-state index is 0.0439. The standard InChI is InChI=1S/C23H25N3O3/c1-16(2)21(24-22(27)18-11-9-17(3)10-12-18)23(28)29-15-19-13-14-26(25-19)20-7-5-4-6-8-20/h4-14,16,21H,15H2,1-3H3,(H,24,27)/t21-/m0/s1. The van der Waals surface area contributed by atoms with Crippen LogP contribution < -0.4 is 5.32 Å². The number of hydrogen-bond acceptors (Lipinski definition) is 4. The van der Waals surface area contributed by atoms with Gasteiger partial charge in [0.2, 0.25) is 0 Å². The first-order chi connectivity index (χ1) is 13.9. The molecule has 1 atom stereocenters. The van der Waals surface area contributed by atoms with Crippen molar-refractivity contribution in [2.24, 2.45) is 5.92 Å². The molecule has 0 saturated heterocycles. The molecule has 29 heavy (non-hydrogen) atoms. The van der Waals surface area contributed by atoms with Crippen LogP contribution in [0.4, 0.5) is 0 Å². The highest BCUT2D eigenvalue weighted by Crippen LogP contribution is 2.11. The molecule has 0 saturated carbocycles. The van der Waals surface area contributed by atoms with Gasteiger partial charge in [-0.25, -0.2) is 9.48 Å². The van der Waals surface area contributed by atoms with E-state index in [4.69, 9.17) is 4.74 Å². The van der Waals surface area contributed by atoms with Crippen LogP contribution in [0.15, 0.2) is 66.9 Å². The largest absolute Gasteiger partial charge is 0.458 e. The lowest BCUT2D eigenvalue weighted by molar-refractivity contribution is -0.148. The van der Waals surface area contributed by atoms with Gasteiger partial charge < -0.3 is 10.1 Å². The Hall–Kier alpha value is -3.41. The molecule has 0 bridgehead atoms. The molecular formula is C23H25N3O3. The van der Waals surface area contributed by atoms with Crippen molar-refractivity contribution in [2.75, 3.05) is 0 Å². The number of carbonyl (C=O) groups is 2. The molecule has 1 amide bonds. The van der Waals surface area contributed by atoms with Gasteiger partial charge in [-0.2, -0.15) is 5.10 Å². The Balaban J connectivity index is 1.60. The molecule has 0 aliphatic rings. The number of benzene rings is 2. The highest BCUT2D eigenvalue weighted by molar-refractivity contribution is 5.96. The molecule has 150 valence electrons. The quantitative estimate of drug-likeness (QED) is 0.624. The SMILES string of the molecule is Cc1ccc(C(=O)N[C@H](C(=O)OCc2ccn(-c3ccccc3)n2)C(C)C)cc1. The minimum Gasteiger partial charge on any atom is -0.458 e. The van der Waals surface area contributed by atoms with E-state index in [0.717, 1.165) is 11.3 Å². The molecule has 2 aromatic carbocycles. The fourth-order valence-electron chi connectivity index (χ4n) is 2.83. The fourth-order valence-corrected chi connectivity index (χ4v) is 2.83. The van der Waals surface area contributed by atoms with Crippen molar-refractivity contribution in [2.45, 2.75) is 33.4 Å². The number of aryl methyl sites for hydroxylation is 1. The van der Waals surface area contributed by atoms with E-state index in [9.17, 15) is 9.59 Å². The van der Waals surface area contributed by atoms with Crippen molar-refractivity contribution >= 4 is 11.9 Å².